The van der Waals surface area contributed by atoms with Crippen molar-refractivity contribution in [2.45, 2.75) is 13.0 Å². The number of hydrogen-bond donors (Lipinski definition) is 1. The molecule has 0 saturated carbocycles. The predicted octanol–water partition coefficient (Wildman–Crippen LogP) is 3.67. The van der Waals surface area contributed by atoms with Crippen molar-refractivity contribution in [2.24, 2.45) is 0 Å². The lowest BCUT2D eigenvalue weighted by molar-refractivity contribution is -0.131. The van der Waals surface area contributed by atoms with Crippen molar-refractivity contribution < 1.29 is 14.6 Å². The number of ether oxygens (including phenoxy) is 1. The lowest BCUT2D eigenvalue weighted by Crippen LogP contribution is -1.96. The van der Waals surface area contributed by atoms with E-state index < -0.39 is 5.97 Å². The van der Waals surface area contributed by atoms with E-state index in [2.05, 4.69) is 11.4 Å². The number of carboxylic acid groups (broad SMARTS) is 1. The molecule has 0 amide bonds. The van der Waals surface area contributed by atoms with Crippen molar-refractivity contribution in [2.75, 3.05) is 6.61 Å². The molecule has 0 spiro atoms. The minimum absolute atomic E-state index is 0.580. The molecule has 0 radical (unpaired) electrons. The third-order valence-corrected chi connectivity index (χ3v) is 4.27. The number of carboxylic acids is 1. The SMILES string of the molecule is O=C(O)C=Cc1csc(COCCc2cccs2)c1. The molecule has 100 valence electrons. The summed E-state index contributed by atoms with van der Waals surface area (Å²) in [5.41, 5.74) is 0.907. The van der Waals surface area contributed by atoms with E-state index in [0.717, 1.165) is 22.9 Å². The molecule has 0 aromatic carbocycles. The molecule has 2 rings (SSSR count). The van der Waals surface area contributed by atoms with E-state index in [1.54, 1.807) is 28.7 Å². The third kappa shape index (κ3) is 4.98. The van der Waals surface area contributed by atoms with Crippen LogP contribution in [0.15, 0.2) is 35.0 Å². The summed E-state index contributed by atoms with van der Waals surface area (Å²) >= 11 is 3.32. The first-order chi connectivity index (χ1) is 9.24. The molecule has 0 fully saturated rings. The highest BCUT2D eigenvalue weighted by molar-refractivity contribution is 7.10. The van der Waals surface area contributed by atoms with E-state index >= 15 is 0 Å². The Bertz CT molecular complexity index is 541. The molecular weight excluding hydrogens is 280 g/mol. The molecule has 3 nitrogen and oxygen atoms in total. The van der Waals surface area contributed by atoms with Gasteiger partial charge in [-0.25, -0.2) is 4.79 Å². The molecule has 0 aliphatic carbocycles. The standard InChI is InChI=1S/C14H14O3S2/c15-14(16)4-3-11-8-13(19-10-11)9-17-6-5-12-2-1-7-18-12/h1-4,7-8,10H,5-6,9H2,(H,15,16). The van der Waals surface area contributed by atoms with Gasteiger partial charge in [0.2, 0.25) is 0 Å². The lowest BCUT2D eigenvalue weighted by atomic mass is 10.3. The second kappa shape index (κ2) is 7.23. The average Bonchev–Trinajstić information content (AvgIpc) is 3.04. The maximum absolute atomic E-state index is 10.4. The number of aliphatic carboxylic acids is 1. The maximum atomic E-state index is 10.4. The van der Waals surface area contributed by atoms with Crippen LogP contribution < -0.4 is 0 Å². The Morgan fingerprint density at radius 3 is 3.00 bits per heavy atom. The molecule has 0 atom stereocenters. The number of carbonyl (C=O) groups is 1. The van der Waals surface area contributed by atoms with Crippen molar-refractivity contribution in [3.8, 4) is 0 Å². The molecule has 0 aliphatic heterocycles. The predicted molar refractivity (Wildman–Crippen MR) is 78.7 cm³/mol. The van der Waals surface area contributed by atoms with Crippen LogP contribution in [-0.4, -0.2) is 17.7 Å². The molecule has 19 heavy (non-hydrogen) atoms. The van der Waals surface area contributed by atoms with E-state index in [1.807, 2.05) is 17.5 Å². The fourth-order valence-corrected chi connectivity index (χ4v) is 3.01. The molecular formula is C14H14O3S2. The highest BCUT2D eigenvalue weighted by Gasteiger charge is 1.99. The van der Waals surface area contributed by atoms with Gasteiger partial charge in [-0.05, 0) is 34.5 Å². The Morgan fingerprint density at radius 1 is 1.37 bits per heavy atom. The van der Waals surface area contributed by atoms with Gasteiger partial charge in [-0.3, -0.25) is 0 Å². The number of hydrogen-bond acceptors (Lipinski definition) is 4. The Kier molecular flexibility index (Phi) is 5.32. The molecule has 1 N–H and O–H groups in total. The minimum Gasteiger partial charge on any atom is -0.478 e. The first kappa shape index (κ1) is 14.0. The van der Waals surface area contributed by atoms with Crippen LogP contribution in [0, 0.1) is 0 Å². The fourth-order valence-electron chi connectivity index (χ4n) is 1.53. The third-order valence-electron chi connectivity index (χ3n) is 2.41. The van der Waals surface area contributed by atoms with Crippen molar-refractivity contribution in [3.05, 3.63) is 50.4 Å². The number of thiophene rings is 2. The normalized spacial score (nSPS) is 11.2. The summed E-state index contributed by atoms with van der Waals surface area (Å²) in [6.45, 7) is 1.29. The topological polar surface area (TPSA) is 46.5 Å². The van der Waals surface area contributed by atoms with E-state index in [1.165, 1.54) is 4.88 Å². The molecule has 0 aliphatic rings. The van der Waals surface area contributed by atoms with E-state index in [9.17, 15) is 4.79 Å². The second-order valence-electron chi connectivity index (χ2n) is 3.90. The van der Waals surface area contributed by atoms with Gasteiger partial charge in [-0.15, -0.1) is 22.7 Å². The van der Waals surface area contributed by atoms with Crippen molar-refractivity contribution in [1.82, 2.24) is 0 Å². The number of rotatable bonds is 7. The van der Waals surface area contributed by atoms with Crippen LogP contribution in [0.1, 0.15) is 15.3 Å². The van der Waals surface area contributed by atoms with Gasteiger partial charge in [-0.1, -0.05) is 6.07 Å². The van der Waals surface area contributed by atoms with Gasteiger partial charge >= 0.3 is 5.97 Å². The fraction of sp³-hybridized carbons (Fsp3) is 0.214. The van der Waals surface area contributed by atoms with Crippen molar-refractivity contribution >= 4 is 34.7 Å². The summed E-state index contributed by atoms with van der Waals surface area (Å²) in [6.07, 6.45) is 3.67. The molecule has 0 unspecified atom stereocenters. The zero-order valence-electron chi connectivity index (χ0n) is 10.2. The van der Waals surface area contributed by atoms with Crippen LogP contribution in [0.2, 0.25) is 0 Å². The summed E-state index contributed by atoms with van der Waals surface area (Å²) in [6, 6.07) is 6.10. The molecule has 2 aromatic rings. The zero-order valence-corrected chi connectivity index (χ0v) is 11.9. The largest absolute Gasteiger partial charge is 0.478 e. The van der Waals surface area contributed by atoms with Crippen molar-refractivity contribution in [3.63, 3.8) is 0 Å². The Balaban J connectivity index is 1.72. The Hall–Kier alpha value is -1.43. The lowest BCUT2D eigenvalue weighted by Gasteiger charge is -2.00. The minimum atomic E-state index is -0.931. The first-order valence-electron chi connectivity index (χ1n) is 5.82. The molecule has 2 heterocycles. The molecule has 0 saturated heterocycles. The van der Waals surface area contributed by atoms with Crippen LogP contribution in [0.5, 0.6) is 0 Å². The molecule has 2 aromatic heterocycles. The zero-order chi connectivity index (χ0) is 13.5. The first-order valence-corrected chi connectivity index (χ1v) is 7.58. The van der Waals surface area contributed by atoms with Crippen LogP contribution in [0.4, 0.5) is 0 Å². The van der Waals surface area contributed by atoms with Gasteiger partial charge in [0, 0.05) is 22.3 Å². The van der Waals surface area contributed by atoms with E-state index in [-0.39, 0.29) is 0 Å². The second-order valence-corrected chi connectivity index (χ2v) is 5.93. The highest BCUT2D eigenvalue weighted by atomic mass is 32.1. The maximum Gasteiger partial charge on any atom is 0.328 e. The van der Waals surface area contributed by atoms with Gasteiger partial charge in [0.1, 0.15) is 0 Å². The van der Waals surface area contributed by atoms with Gasteiger partial charge in [-0.2, -0.15) is 0 Å². The summed E-state index contributed by atoms with van der Waals surface area (Å²) < 4.78 is 5.61. The molecule has 0 bridgehead atoms. The smallest absolute Gasteiger partial charge is 0.328 e. The van der Waals surface area contributed by atoms with Crippen LogP contribution in [-0.2, 0) is 22.6 Å². The van der Waals surface area contributed by atoms with Gasteiger partial charge in [0.25, 0.3) is 0 Å². The van der Waals surface area contributed by atoms with Crippen LogP contribution in [0.25, 0.3) is 6.08 Å². The van der Waals surface area contributed by atoms with E-state index in [0.29, 0.717) is 13.2 Å². The quantitative estimate of drug-likeness (QED) is 0.626. The Labute approximate surface area is 119 Å². The van der Waals surface area contributed by atoms with Crippen molar-refractivity contribution in [1.29, 1.82) is 0 Å². The van der Waals surface area contributed by atoms with Gasteiger partial charge < -0.3 is 9.84 Å². The van der Waals surface area contributed by atoms with Gasteiger partial charge in [0.05, 0.1) is 13.2 Å². The van der Waals surface area contributed by atoms with E-state index in [4.69, 9.17) is 9.84 Å². The molecule has 5 heteroatoms. The Morgan fingerprint density at radius 2 is 2.26 bits per heavy atom. The summed E-state index contributed by atoms with van der Waals surface area (Å²) in [7, 11) is 0. The highest BCUT2D eigenvalue weighted by Crippen LogP contribution is 2.17. The van der Waals surface area contributed by atoms with Gasteiger partial charge in [0.15, 0.2) is 0 Å². The monoisotopic (exact) mass is 294 g/mol. The van der Waals surface area contributed by atoms with Crippen LogP contribution >= 0.6 is 22.7 Å². The summed E-state index contributed by atoms with van der Waals surface area (Å²) in [5, 5.41) is 12.5. The summed E-state index contributed by atoms with van der Waals surface area (Å²) in [4.78, 5) is 12.8. The summed E-state index contributed by atoms with van der Waals surface area (Å²) in [5.74, 6) is -0.931. The van der Waals surface area contributed by atoms with Crippen LogP contribution in [0.3, 0.4) is 0 Å². The average molecular weight is 294 g/mol.